The van der Waals surface area contributed by atoms with Gasteiger partial charge < -0.3 is 9.42 Å². The van der Waals surface area contributed by atoms with Gasteiger partial charge >= 0.3 is 0 Å². The molecule has 1 unspecified atom stereocenters. The molecule has 1 fully saturated rings. The molecule has 3 aromatic rings. The first-order valence-corrected chi connectivity index (χ1v) is 8.50. The van der Waals surface area contributed by atoms with Crippen LogP contribution in [0.5, 0.6) is 0 Å². The van der Waals surface area contributed by atoms with Gasteiger partial charge in [-0.25, -0.2) is 0 Å². The molecule has 0 radical (unpaired) electrons. The number of amides is 1. The smallest absolute Gasteiger partial charge is 0.254 e. The fraction of sp³-hybridized carbons (Fsp3) is 0.300. The van der Waals surface area contributed by atoms with Crippen LogP contribution in [-0.4, -0.2) is 28.6 Å². The lowest BCUT2D eigenvalue weighted by Gasteiger charge is -2.33. The Morgan fingerprint density at radius 3 is 2.79 bits per heavy atom. The molecule has 1 aliphatic rings. The van der Waals surface area contributed by atoms with Crippen molar-refractivity contribution in [3.05, 3.63) is 54.1 Å². The predicted octanol–water partition coefficient (Wildman–Crippen LogP) is 4.51. The lowest BCUT2D eigenvalue weighted by atomic mass is 10.0. The highest BCUT2D eigenvalue weighted by Crippen LogP contribution is 2.30. The predicted molar refractivity (Wildman–Crippen MR) is 93.8 cm³/mol. The molecule has 4 rings (SSSR count). The fourth-order valence-electron chi connectivity index (χ4n) is 3.44. The van der Waals surface area contributed by atoms with Crippen LogP contribution in [-0.2, 0) is 0 Å². The van der Waals surface area contributed by atoms with Crippen molar-refractivity contribution in [2.24, 2.45) is 0 Å². The molecule has 2 heterocycles. The maximum atomic E-state index is 12.9. The minimum absolute atomic E-state index is 0.101. The van der Waals surface area contributed by atoms with E-state index in [2.05, 4.69) is 12.1 Å². The lowest BCUT2D eigenvalue weighted by Crippen LogP contribution is -2.42. The number of fused-ring (bicyclic) bond motifs is 1. The zero-order valence-corrected chi connectivity index (χ0v) is 13.7. The van der Waals surface area contributed by atoms with Gasteiger partial charge in [-0.1, -0.05) is 35.5 Å². The van der Waals surface area contributed by atoms with Gasteiger partial charge in [-0.3, -0.25) is 4.79 Å². The maximum absolute atomic E-state index is 12.9. The lowest BCUT2D eigenvalue weighted by molar-refractivity contribution is 0.0636. The number of hydrogen-bond acceptors (Lipinski definition) is 3. The summed E-state index contributed by atoms with van der Waals surface area (Å²) >= 11 is 0. The molecule has 1 aliphatic heterocycles. The number of benzene rings is 2. The molecule has 1 saturated heterocycles. The van der Waals surface area contributed by atoms with E-state index in [1.807, 2.05) is 53.4 Å². The van der Waals surface area contributed by atoms with Gasteiger partial charge in [0.05, 0.1) is 5.39 Å². The number of carbonyl (C=O) groups excluding carboxylic acids is 1. The second-order valence-corrected chi connectivity index (χ2v) is 6.45. The molecule has 1 aromatic heterocycles. The van der Waals surface area contributed by atoms with Crippen LogP contribution in [0.25, 0.3) is 22.2 Å². The summed E-state index contributed by atoms with van der Waals surface area (Å²) in [4.78, 5) is 14.9. The maximum Gasteiger partial charge on any atom is 0.254 e. The molecule has 0 spiro atoms. The van der Waals surface area contributed by atoms with Crippen LogP contribution in [0.4, 0.5) is 0 Å². The average Bonchev–Trinajstić information content (AvgIpc) is 3.05. The van der Waals surface area contributed by atoms with Gasteiger partial charge in [-0.15, -0.1) is 0 Å². The fourth-order valence-corrected chi connectivity index (χ4v) is 3.44. The monoisotopic (exact) mass is 320 g/mol. The first kappa shape index (κ1) is 14.9. The van der Waals surface area contributed by atoms with E-state index in [9.17, 15) is 4.79 Å². The summed E-state index contributed by atoms with van der Waals surface area (Å²) in [5.74, 6) is 0.816. The first-order valence-electron chi connectivity index (χ1n) is 8.50. The number of nitrogens with zero attached hydrogens (tertiary/aromatic N) is 2. The Morgan fingerprint density at radius 2 is 2.00 bits per heavy atom. The van der Waals surface area contributed by atoms with E-state index in [-0.39, 0.29) is 5.91 Å². The molecule has 0 saturated carbocycles. The third-order valence-corrected chi connectivity index (χ3v) is 4.82. The minimum atomic E-state index is 0.101. The quantitative estimate of drug-likeness (QED) is 0.698. The van der Waals surface area contributed by atoms with Crippen molar-refractivity contribution in [3.63, 3.8) is 0 Å². The van der Waals surface area contributed by atoms with Crippen LogP contribution in [0.15, 0.2) is 53.1 Å². The molecule has 0 bridgehead atoms. The largest absolute Gasteiger partial charge is 0.355 e. The van der Waals surface area contributed by atoms with E-state index in [1.54, 1.807) is 0 Å². The normalized spacial score (nSPS) is 18.0. The Balaban J connectivity index is 1.74. The molecule has 1 atom stereocenters. The summed E-state index contributed by atoms with van der Waals surface area (Å²) in [5, 5.41) is 5.01. The van der Waals surface area contributed by atoms with Crippen molar-refractivity contribution in [1.82, 2.24) is 10.1 Å². The van der Waals surface area contributed by atoms with Crippen LogP contribution in [0.3, 0.4) is 0 Å². The Morgan fingerprint density at radius 1 is 1.17 bits per heavy atom. The van der Waals surface area contributed by atoms with Gasteiger partial charge in [0.2, 0.25) is 0 Å². The highest BCUT2D eigenvalue weighted by molar-refractivity contribution is 6.01. The van der Waals surface area contributed by atoms with Crippen molar-refractivity contribution >= 4 is 16.8 Å². The van der Waals surface area contributed by atoms with E-state index in [4.69, 9.17) is 4.52 Å². The summed E-state index contributed by atoms with van der Waals surface area (Å²) < 4.78 is 5.53. The standard InChI is InChI=1S/C20H20N2O2/c1-14-7-5-6-12-22(14)20(23)16-10-11-18-17(13-16)19(24-21-18)15-8-3-2-4-9-15/h2-4,8-11,13-14H,5-7,12H2,1H3. The van der Waals surface area contributed by atoms with E-state index in [1.165, 1.54) is 6.42 Å². The molecular weight excluding hydrogens is 300 g/mol. The molecule has 1 amide bonds. The zero-order chi connectivity index (χ0) is 16.5. The summed E-state index contributed by atoms with van der Waals surface area (Å²) in [6.45, 7) is 2.97. The molecule has 4 heteroatoms. The third-order valence-electron chi connectivity index (χ3n) is 4.82. The summed E-state index contributed by atoms with van der Waals surface area (Å²) in [5.41, 5.74) is 2.45. The third kappa shape index (κ3) is 2.58. The zero-order valence-electron chi connectivity index (χ0n) is 13.7. The first-order chi connectivity index (χ1) is 11.7. The molecule has 24 heavy (non-hydrogen) atoms. The molecule has 0 aliphatic carbocycles. The van der Waals surface area contributed by atoms with Gasteiger partial charge in [0.15, 0.2) is 5.76 Å². The van der Waals surface area contributed by atoms with Crippen molar-refractivity contribution < 1.29 is 9.32 Å². The Kier molecular flexibility index (Phi) is 3.81. The van der Waals surface area contributed by atoms with Crippen molar-refractivity contribution in [2.45, 2.75) is 32.2 Å². The van der Waals surface area contributed by atoms with Gasteiger partial charge in [-0.05, 0) is 44.4 Å². The van der Waals surface area contributed by atoms with E-state index in [0.717, 1.165) is 35.9 Å². The highest BCUT2D eigenvalue weighted by atomic mass is 16.5. The van der Waals surface area contributed by atoms with Crippen LogP contribution in [0.1, 0.15) is 36.5 Å². The molecule has 4 nitrogen and oxygen atoms in total. The number of aromatic nitrogens is 1. The number of hydrogen-bond donors (Lipinski definition) is 0. The summed E-state index contributed by atoms with van der Waals surface area (Å²) in [6.07, 6.45) is 3.37. The Bertz CT molecular complexity index is 870. The van der Waals surface area contributed by atoms with E-state index < -0.39 is 0 Å². The summed E-state index contributed by atoms with van der Waals surface area (Å²) in [6, 6.07) is 15.8. The second-order valence-electron chi connectivity index (χ2n) is 6.45. The molecule has 122 valence electrons. The number of likely N-dealkylation sites (tertiary alicyclic amines) is 1. The summed E-state index contributed by atoms with van der Waals surface area (Å²) in [7, 11) is 0. The van der Waals surface area contributed by atoms with Gasteiger partial charge in [-0.2, -0.15) is 0 Å². The molecular formula is C20H20N2O2. The van der Waals surface area contributed by atoms with Gasteiger partial charge in [0, 0.05) is 23.7 Å². The van der Waals surface area contributed by atoms with Crippen LogP contribution in [0, 0.1) is 0 Å². The number of carbonyl (C=O) groups is 1. The number of piperidine rings is 1. The topological polar surface area (TPSA) is 46.3 Å². The molecule has 0 N–H and O–H groups in total. The average molecular weight is 320 g/mol. The second kappa shape index (κ2) is 6.11. The van der Waals surface area contributed by atoms with Crippen LogP contribution in [0.2, 0.25) is 0 Å². The van der Waals surface area contributed by atoms with Crippen molar-refractivity contribution in [2.75, 3.05) is 6.54 Å². The van der Waals surface area contributed by atoms with Gasteiger partial charge in [0.25, 0.3) is 5.91 Å². The van der Waals surface area contributed by atoms with Crippen molar-refractivity contribution in [3.8, 4) is 11.3 Å². The Hall–Kier alpha value is -2.62. The van der Waals surface area contributed by atoms with Crippen LogP contribution < -0.4 is 0 Å². The number of rotatable bonds is 2. The van der Waals surface area contributed by atoms with Crippen molar-refractivity contribution in [1.29, 1.82) is 0 Å². The SMILES string of the molecule is CC1CCCCN1C(=O)c1ccc2noc(-c3ccccc3)c2c1. The van der Waals surface area contributed by atoms with Crippen LogP contribution >= 0.6 is 0 Å². The highest BCUT2D eigenvalue weighted by Gasteiger charge is 2.25. The minimum Gasteiger partial charge on any atom is -0.355 e. The van der Waals surface area contributed by atoms with Gasteiger partial charge in [0.1, 0.15) is 5.52 Å². The molecule has 2 aromatic carbocycles. The Labute approximate surface area is 141 Å². The van der Waals surface area contributed by atoms with E-state index >= 15 is 0 Å². The van der Waals surface area contributed by atoms with E-state index in [0.29, 0.717) is 17.4 Å².